The molecular formula is C17H27NO3. The average Bonchev–Trinajstić information content (AvgIpc) is 2.42. The molecule has 1 N–H and O–H groups in total. The first kappa shape index (κ1) is 17.5. The molecule has 1 atom stereocenters. The maximum absolute atomic E-state index is 11.9. The Morgan fingerprint density at radius 2 is 1.86 bits per heavy atom. The lowest BCUT2D eigenvalue weighted by atomic mass is 9.96. The van der Waals surface area contributed by atoms with Crippen molar-refractivity contribution in [2.24, 2.45) is 0 Å². The van der Waals surface area contributed by atoms with Crippen molar-refractivity contribution in [1.82, 2.24) is 5.32 Å². The van der Waals surface area contributed by atoms with Crippen molar-refractivity contribution >= 4 is 5.97 Å². The van der Waals surface area contributed by atoms with Crippen LogP contribution in [0.2, 0.25) is 0 Å². The molecule has 4 nitrogen and oxygen atoms in total. The van der Waals surface area contributed by atoms with Crippen molar-refractivity contribution in [1.29, 1.82) is 0 Å². The van der Waals surface area contributed by atoms with Crippen LogP contribution in [-0.4, -0.2) is 31.8 Å². The van der Waals surface area contributed by atoms with E-state index < -0.39 is 5.54 Å². The highest BCUT2D eigenvalue weighted by Crippen LogP contribution is 2.18. The van der Waals surface area contributed by atoms with E-state index in [1.54, 1.807) is 0 Å². The molecule has 0 aromatic heterocycles. The summed E-state index contributed by atoms with van der Waals surface area (Å²) >= 11 is 0. The van der Waals surface area contributed by atoms with Gasteiger partial charge in [-0.05, 0) is 63.4 Å². The lowest BCUT2D eigenvalue weighted by Gasteiger charge is -2.27. The number of benzene rings is 1. The lowest BCUT2D eigenvalue weighted by molar-refractivity contribution is -0.148. The van der Waals surface area contributed by atoms with Gasteiger partial charge in [0.15, 0.2) is 0 Å². The normalized spacial score (nSPS) is 13.6. The number of esters is 1. The van der Waals surface area contributed by atoms with Crippen LogP contribution in [-0.2, 0) is 9.53 Å². The van der Waals surface area contributed by atoms with Gasteiger partial charge in [-0.15, -0.1) is 0 Å². The van der Waals surface area contributed by atoms with Crippen molar-refractivity contribution < 1.29 is 14.3 Å². The van der Waals surface area contributed by atoms with Crippen LogP contribution in [0.4, 0.5) is 0 Å². The Morgan fingerprint density at radius 1 is 1.24 bits per heavy atom. The largest absolute Gasteiger partial charge is 0.494 e. The molecule has 1 unspecified atom stereocenters. The number of ether oxygens (including phenoxy) is 2. The van der Waals surface area contributed by atoms with Crippen LogP contribution in [0.15, 0.2) is 18.2 Å². The van der Waals surface area contributed by atoms with Gasteiger partial charge in [-0.1, -0.05) is 13.0 Å². The predicted molar refractivity (Wildman–Crippen MR) is 84.7 cm³/mol. The molecule has 21 heavy (non-hydrogen) atoms. The zero-order valence-electron chi connectivity index (χ0n) is 13.8. The molecule has 1 rings (SSSR count). The number of likely N-dealkylation sites (N-methyl/N-ethyl adjacent to an activating group) is 1. The molecule has 0 fully saturated rings. The fourth-order valence-electron chi connectivity index (χ4n) is 2.51. The first-order valence-electron chi connectivity index (χ1n) is 7.46. The summed E-state index contributed by atoms with van der Waals surface area (Å²) in [4.78, 5) is 11.9. The molecule has 1 aromatic carbocycles. The first-order chi connectivity index (χ1) is 9.91. The number of carbonyl (C=O) groups is 1. The maximum atomic E-state index is 11.9. The van der Waals surface area contributed by atoms with Crippen molar-refractivity contribution in [2.75, 3.05) is 20.3 Å². The Morgan fingerprint density at radius 3 is 2.38 bits per heavy atom. The van der Waals surface area contributed by atoms with Crippen molar-refractivity contribution in [3.63, 3.8) is 0 Å². The molecule has 118 valence electrons. The van der Waals surface area contributed by atoms with Gasteiger partial charge in [0.2, 0.25) is 0 Å². The van der Waals surface area contributed by atoms with E-state index in [-0.39, 0.29) is 5.97 Å². The predicted octanol–water partition coefficient (Wildman–Crippen LogP) is 3.00. The number of aryl methyl sites for hydroxylation is 2. The van der Waals surface area contributed by atoms with Crippen LogP contribution in [0.5, 0.6) is 5.75 Å². The second kappa shape index (κ2) is 8.03. The Balaban J connectivity index is 2.49. The third-order valence-electron chi connectivity index (χ3n) is 3.49. The molecule has 0 aliphatic heterocycles. The van der Waals surface area contributed by atoms with E-state index in [9.17, 15) is 4.79 Å². The van der Waals surface area contributed by atoms with Crippen molar-refractivity contribution in [3.8, 4) is 5.75 Å². The molecule has 0 heterocycles. The molecule has 0 radical (unpaired) electrons. The molecule has 0 aliphatic rings. The van der Waals surface area contributed by atoms with Crippen LogP contribution in [0.25, 0.3) is 0 Å². The van der Waals surface area contributed by atoms with Crippen molar-refractivity contribution in [3.05, 3.63) is 29.3 Å². The molecule has 0 saturated heterocycles. The summed E-state index contributed by atoms with van der Waals surface area (Å²) in [7, 11) is 1.42. The number of hydrogen-bond acceptors (Lipinski definition) is 4. The van der Waals surface area contributed by atoms with E-state index in [0.29, 0.717) is 13.0 Å². The molecule has 1 aromatic rings. The Labute approximate surface area is 127 Å². The average molecular weight is 293 g/mol. The fourth-order valence-corrected chi connectivity index (χ4v) is 2.51. The molecule has 0 aliphatic carbocycles. The van der Waals surface area contributed by atoms with Gasteiger partial charge in [-0.3, -0.25) is 4.79 Å². The Bertz CT molecular complexity index is 453. The second-order valence-electron chi connectivity index (χ2n) is 5.63. The molecular weight excluding hydrogens is 266 g/mol. The summed E-state index contributed by atoms with van der Waals surface area (Å²) in [5.41, 5.74) is 1.74. The molecule has 4 heteroatoms. The van der Waals surface area contributed by atoms with Crippen LogP contribution >= 0.6 is 0 Å². The first-order valence-corrected chi connectivity index (χ1v) is 7.46. The van der Waals surface area contributed by atoms with Gasteiger partial charge in [0, 0.05) is 0 Å². The highest BCUT2D eigenvalue weighted by Gasteiger charge is 2.32. The van der Waals surface area contributed by atoms with Gasteiger partial charge >= 0.3 is 5.97 Å². The monoisotopic (exact) mass is 293 g/mol. The van der Waals surface area contributed by atoms with E-state index in [2.05, 4.69) is 25.2 Å². The fraction of sp³-hybridized carbons (Fsp3) is 0.588. The molecule has 0 saturated carbocycles. The number of rotatable bonds is 8. The van der Waals surface area contributed by atoms with Crippen LogP contribution < -0.4 is 10.1 Å². The minimum atomic E-state index is -0.643. The summed E-state index contributed by atoms with van der Waals surface area (Å²) in [6.07, 6.45) is 1.46. The Hall–Kier alpha value is -1.55. The van der Waals surface area contributed by atoms with Gasteiger partial charge in [0.25, 0.3) is 0 Å². The zero-order valence-corrected chi connectivity index (χ0v) is 13.8. The lowest BCUT2D eigenvalue weighted by Crippen LogP contribution is -2.50. The molecule has 0 bridgehead atoms. The van der Waals surface area contributed by atoms with Crippen LogP contribution in [0, 0.1) is 13.8 Å². The standard InChI is InChI=1S/C17H27NO3/c1-6-18-17(4,16(19)20-5)8-7-9-21-15-11-13(2)10-14(3)12-15/h10-12,18H,6-9H2,1-5H3. The summed E-state index contributed by atoms with van der Waals surface area (Å²) < 4.78 is 10.6. The number of hydrogen-bond donors (Lipinski definition) is 1. The number of methoxy groups -OCH3 is 1. The van der Waals surface area contributed by atoms with Gasteiger partial charge in [-0.25, -0.2) is 0 Å². The number of carbonyl (C=O) groups excluding carboxylic acids is 1. The maximum Gasteiger partial charge on any atom is 0.325 e. The highest BCUT2D eigenvalue weighted by atomic mass is 16.5. The summed E-state index contributed by atoms with van der Waals surface area (Å²) in [6, 6.07) is 6.17. The smallest absolute Gasteiger partial charge is 0.325 e. The van der Waals surface area contributed by atoms with Gasteiger partial charge in [-0.2, -0.15) is 0 Å². The Kier molecular flexibility index (Phi) is 6.69. The second-order valence-corrected chi connectivity index (χ2v) is 5.63. The van der Waals surface area contributed by atoms with E-state index in [0.717, 1.165) is 18.7 Å². The SMILES string of the molecule is CCNC(C)(CCCOc1cc(C)cc(C)c1)C(=O)OC. The minimum Gasteiger partial charge on any atom is -0.494 e. The zero-order chi connectivity index (χ0) is 15.9. The summed E-state index contributed by atoms with van der Waals surface area (Å²) in [5.74, 6) is 0.659. The summed E-state index contributed by atoms with van der Waals surface area (Å²) in [5, 5.41) is 3.20. The minimum absolute atomic E-state index is 0.226. The van der Waals surface area contributed by atoms with E-state index in [1.807, 2.05) is 26.0 Å². The number of nitrogens with one attached hydrogen (secondary N) is 1. The highest BCUT2D eigenvalue weighted by molar-refractivity contribution is 5.80. The van der Waals surface area contributed by atoms with Crippen molar-refractivity contribution in [2.45, 2.75) is 46.1 Å². The summed E-state index contributed by atoms with van der Waals surface area (Å²) in [6.45, 7) is 9.27. The van der Waals surface area contributed by atoms with Gasteiger partial charge in [0.1, 0.15) is 11.3 Å². The van der Waals surface area contributed by atoms with E-state index >= 15 is 0 Å². The third kappa shape index (κ3) is 5.38. The van der Waals surface area contributed by atoms with E-state index in [4.69, 9.17) is 9.47 Å². The quantitative estimate of drug-likeness (QED) is 0.591. The van der Waals surface area contributed by atoms with Gasteiger partial charge < -0.3 is 14.8 Å². The van der Waals surface area contributed by atoms with Crippen LogP contribution in [0.3, 0.4) is 0 Å². The van der Waals surface area contributed by atoms with E-state index in [1.165, 1.54) is 18.2 Å². The topological polar surface area (TPSA) is 47.6 Å². The third-order valence-corrected chi connectivity index (χ3v) is 3.49. The molecule has 0 spiro atoms. The molecule has 0 amide bonds. The van der Waals surface area contributed by atoms with Gasteiger partial charge in [0.05, 0.1) is 13.7 Å². The van der Waals surface area contributed by atoms with Crippen LogP contribution in [0.1, 0.15) is 37.8 Å².